The van der Waals surface area contributed by atoms with Gasteiger partial charge in [0.15, 0.2) is 0 Å². The minimum Gasteiger partial charge on any atom is -0.313 e. The van der Waals surface area contributed by atoms with Crippen molar-refractivity contribution in [3.8, 4) is 0 Å². The van der Waals surface area contributed by atoms with Gasteiger partial charge in [-0.15, -0.1) is 0 Å². The predicted molar refractivity (Wildman–Crippen MR) is 61.6 cm³/mol. The van der Waals surface area contributed by atoms with Gasteiger partial charge >= 0.3 is 0 Å². The van der Waals surface area contributed by atoms with Gasteiger partial charge in [0.2, 0.25) is 0 Å². The summed E-state index contributed by atoms with van der Waals surface area (Å²) in [5.74, 6) is 0. The van der Waals surface area contributed by atoms with Crippen molar-refractivity contribution in [3.05, 3.63) is 32.4 Å². The average Bonchev–Trinajstić information content (AvgIpc) is 2.08. The molecule has 0 unspecified atom stereocenters. The average molecular weight is 296 g/mol. The normalized spacial score (nSPS) is 13.0. The molecule has 0 fully saturated rings. The molecule has 1 atom stereocenters. The van der Waals surface area contributed by atoms with Gasteiger partial charge < -0.3 is 5.32 Å². The van der Waals surface area contributed by atoms with E-state index in [4.69, 9.17) is 11.6 Å². The molecule has 66 valence electrons. The van der Waals surface area contributed by atoms with Crippen LogP contribution in [0.4, 0.5) is 0 Å². The Morgan fingerprint density at radius 3 is 2.67 bits per heavy atom. The van der Waals surface area contributed by atoms with Crippen LogP contribution >= 0.6 is 34.2 Å². The Labute approximate surface area is 91.6 Å². The fraction of sp³-hybridized carbons (Fsp3) is 0.333. The Morgan fingerprint density at radius 2 is 2.17 bits per heavy atom. The van der Waals surface area contributed by atoms with Crippen molar-refractivity contribution in [2.45, 2.75) is 13.0 Å². The molecule has 0 radical (unpaired) electrons. The first kappa shape index (κ1) is 10.3. The Morgan fingerprint density at radius 1 is 1.50 bits per heavy atom. The molecule has 1 N–H and O–H groups in total. The molecular weight excluding hydrogens is 284 g/mol. The van der Waals surface area contributed by atoms with E-state index in [0.29, 0.717) is 6.04 Å². The van der Waals surface area contributed by atoms with Crippen molar-refractivity contribution >= 4 is 34.2 Å². The molecule has 0 amide bonds. The number of hydrogen-bond acceptors (Lipinski definition) is 1. The summed E-state index contributed by atoms with van der Waals surface area (Å²) in [5.41, 5.74) is 1.22. The molecule has 0 aliphatic carbocycles. The highest BCUT2D eigenvalue weighted by Gasteiger charge is 2.04. The van der Waals surface area contributed by atoms with E-state index < -0.39 is 0 Å². The molecule has 1 aromatic rings. The lowest BCUT2D eigenvalue weighted by atomic mass is 10.1. The van der Waals surface area contributed by atoms with Gasteiger partial charge in [0.05, 0.1) is 5.02 Å². The van der Waals surface area contributed by atoms with E-state index in [-0.39, 0.29) is 0 Å². The molecule has 1 nitrogen and oxygen atoms in total. The van der Waals surface area contributed by atoms with Gasteiger partial charge in [-0.25, -0.2) is 0 Å². The van der Waals surface area contributed by atoms with Crippen molar-refractivity contribution < 1.29 is 0 Å². The van der Waals surface area contributed by atoms with E-state index in [9.17, 15) is 0 Å². The molecule has 0 saturated carbocycles. The second-order valence-corrected chi connectivity index (χ2v) is 4.25. The fourth-order valence-electron chi connectivity index (χ4n) is 0.948. The molecule has 0 spiro atoms. The van der Waals surface area contributed by atoms with Gasteiger partial charge in [-0.05, 0) is 54.3 Å². The van der Waals surface area contributed by atoms with Crippen LogP contribution in [0.25, 0.3) is 0 Å². The lowest BCUT2D eigenvalue weighted by Gasteiger charge is -2.10. The van der Waals surface area contributed by atoms with Crippen LogP contribution in [0, 0.1) is 3.57 Å². The summed E-state index contributed by atoms with van der Waals surface area (Å²) >= 11 is 8.20. The predicted octanol–water partition coefficient (Wildman–Crippen LogP) is 3.23. The van der Waals surface area contributed by atoms with Crippen LogP contribution in [0.15, 0.2) is 18.2 Å². The number of benzene rings is 1. The van der Waals surface area contributed by atoms with Crippen molar-refractivity contribution in [1.29, 1.82) is 0 Å². The zero-order chi connectivity index (χ0) is 9.14. The van der Waals surface area contributed by atoms with Crippen LogP contribution in [0.2, 0.25) is 5.02 Å². The van der Waals surface area contributed by atoms with E-state index in [1.165, 1.54) is 5.56 Å². The van der Waals surface area contributed by atoms with Crippen LogP contribution in [-0.4, -0.2) is 7.05 Å². The summed E-state index contributed by atoms with van der Waals surface area (Å²) < 4.78 is 1.10. The van der Waals surface area contributed by atoms with Gasteiger partial charge in [0, 0.05) is 9.61 Å². The van der Waals surface area contributed by atoms with Crippen molar-refractivity contribution in [2.24, 2.45) is 0 Å². The lowest BCUT2D eigenvalue weighted by molar-refractivity contribution is 0.652. The third-order valence-corrected chi connectivity index (χ3v) is 3.45. The van der Waals surface area contributed by atoms with Crippen LogP contribution in [-0.2, 0) is 0 Å². The molecule has 1 aromatic carbocycles. The Kier molecular flexibility index (Phi) is 3.80. The SMILES string of the molecule is CN[C@H](C)c1ccc(I)c(Cl)c1. The standard InChI is InChI=1S/C9H11ClIN/c1-6(12-2)7-3-4-9(11)8(10)5-7/h3-6,12H,1-2H3/t6-/m1/s1. The molecule has 0 bridgehead atoms. The zero-order valence-electron chi connectivity index (χ0n) is 7.07. The molecule has 3 heteroatoms. The molecule has 1 rings (SSSR count). The van der Waals surface area contributed by atoms with Crippen molar-refractivity contribution in [1.82, 2.24) is 5.32 Å². The van der Waals surface area contributed by atoms with E-state index in [2.05, 4.69) is 40.9 Å². The monoisotopic (exact) mass is 295 g/mol. The van der Waals surface area contributed by atoms with Gasteiger partial charge in [-0.1, -0.05) is 17.7 Å². The number of rotatable bonds is 2. The minimum absolute atomic E-state index is 0.361. The number of hydrogen-bond donors (Lipinski definition) is 1. The van der Waals surface area contributed by atoms with Crippen LogP contribution in [0.5, 0.6) is 0 Å². The van der Waals surface area contributed by atoms with E-state index in [1.54, 1.807) is 0 Å². The fourth-order valence-corrected chi connectivity index (χ4v) is 1.47. The zero-order valence-corrected chi connectivity index (χ0v) is 9.98. The van der Waals surface area contributed by atoms with Gasteiger partial charge in [-0.2, -0.15) is 0 Å². The molecule has 0 aliphatic heterocycles. The summed E-state index contributed by atoms with van der Waals surface area (Å²) in [4.78, 5) is 0. The van der Waals surface area contributed by atoms with Crippen LogP contribution in [0.3, 0.4) is 0 Å². The summed E-state index contributed by atoms with van der Waals surface area (Å²) in [6.45, 7) is 2.11. The second kappa shape index (κ2) is 4.44. The second-order valence-electron chi connectivity index (χ2n) is 2.68. The molecule has 0 aromatic heterocycles. The van der Waals surface area contributed by atoms with Gasteiger partial charge in [0.1, 0.15) is 0 Å². The van der Waals surface area contributed by atoms with Crippen LogP contribution < -0.4 is 5.32 Å². The Bertz CT molecular complexity index is 275. The molecule has 0 aliphatic rings. The largest absolute Gasteiger partial charge is 0.313 e. The first-order valence-corrected chi connectivity index (χ1v) is 5.23. The minimum atomic E-state index is 0.361. The highest BCUT2D eigenvalue weighted by Crippen LogP contribution is 2.22. The highest BCUT2D eigenvalue weighted by molar-refractivity contribution is 14.1. The summed E-state index contributed by atoms with van der Waals surface area (Å²) in [6.07, 6.45) is 0. The van der Waals surface area contributed by atoms with Crippen molar-refractivity contribution in [3.63, 3.8) is 0 Å². The van der Waals surface area contributed by atoms with E-state index in [0.717, 1.165) is 8.59 Å². The Balaban J connectivity index is 2.96. The molecular formula is C9H11ClIN. The van der Waals surface area contributed by atoms with Gasteiger partial charge in [-0.3, -0.25) is 0 Å². The molecule has 0 heterocycles. The number of halogens is 2. The topological polar surface area (TPSA) is 12.0 Å². The molecule has 12 heavy (non-hydrogen) atoms. The first-order chi connectivity index (χ1) is 5.65. The summed E-state index contributed by atoms with van der Waals surface area (Å²) in [6, 6.07) is 6.49. The molecule has 0 saturated heterocycles. The lowest BCUT2D eigenvalue weighted by Crippen LogP contribution is -2.12. The van der Waals surface area contributed by atoms with Gasteiger partial charge in [0.25, 0.3) is 0 Å². The smallest absolute Gasteiger partial charge is 0.0542 e. The Hall–Kier alpha value is 0.200. The maximum atomic E-state index is 5.98. The summed E-state index contributed by atoms with van der Waals surface area (Å²) in [7, 11) is 1.94. The van der Waals surface area contributed by atoms with Crippen molar-refractivity contribution in [2.75, 3.05) is 7.05 Å². The highest BCUT2D eigenvalue weighted by atomic mass is 127. The van der Waals surface area contributed by atoms with Crippen LogP contribution in [0.1, 0.15) is 18.5 Å². The maximum absolute atomic E-state index is 5.98. The summed E-state index contributed by atoms with van der Waals surface area (Å²) in [5, 5.41) is 4.00. The van der Waals surface area contributed by atoms with E-state index in [1.807, 2.05) is 19.2 Å². The maximum Gasteiger partial charge on any atom is 0.0542 e. The third kappa shape index (κ3) is 2.34. The first-order valence-electron chi connectivity index (χ1n) is 3.77. The quantitative estimate of drug-likeness (QED) is 0.826. The van der Waals surface area contributed by atoms with E-state index >= 15 is 0 Å². The number of nitrogens with one attached hydrogen (secondary N) is 1. The third-order valence-electron chi connectivity index (χ3n) is 1.88.